The van der Waals surface area contributed by atoms with Gasteiger partial charge in [-0.2, -0.15) is 0 Å². The molecule has 0 fully saturated rings. The lowest BCUT2D eigenvalue weighted by atomic mass is 10.2. The van der Waals surface area contributed by atoms with Crippen molar-refractivity contribution in [1.29, 1.82) is 0 Å². The van der Waals surface area contributed by atoms with Crippen molar-refractivity contribution in [2.45, 2.75) is 19.4 Å². The molecule has 5 nitrogen and oxygen atoms in total. The lowest BCUT2D eigenvalue weighted by Crippen LogP contribution is -2.28. The Labute approximate surface area is 122 Å². The van der Waals surface area contributed by atoms with Gasteiger partial charge in [-0.1, -0.05) is 18.5 Å². The van der Waals surface area contributed by atoms with Gasteiger partial charge in [-0.05, 0) is 24.6 Å². The molecule has 2 aromatic rings. The number of benzene rings is 1. The zero-order valence-electron chi connectivity index (χ0n) is 11.6. The number of ether oxygens (including phenoxy) is 1. The number of nitrogens with zero attached hydrogens (tertiary/aromatic N) is 1. The average Bonchev–Trinajstić information content (AvgIpc) is 2.43. The molecule has 0 bridgehead atoms. The van der Waals surface area contributed by atoms with Crippen molar-refractivity contribution in [1.82, 2.24) is 15.3 Å². The molecule has 0 spiro atoms. The fourth-order valence-electron chi connectivity index (χ4n) is 2.07. The number of aromatic amines is 1. The molecule has 1 aromatic heterocycles. The van der Waals surface area contributed by atoms with Crippen molar-refractivity contribution < 1.29 is 4.74 Å². The van der Waals surface area contributed by atoms with Crippen LogP contribution in [0.4, 0.5) is 0 Å². The van der Waals surface area contributed by atoms with E-state index in [-0.39, 0.29) is 11.6 Å². The minimum absolute atomic E-state index is 0.0127. The monoisotopic (exact) mass is 295 g/mol. The summed E-state index contributed by atoms with van der Waals surface area (Å²) in [6.07, 6.45) is 0.818. The van der Waals surface area contributed by atoms with Crippen molar-refractivity contribution in [3.05, 3.63) is 39.4 Å². The first-order valence-electron chi connectivity index (χ1n) is 6.57. The molecule has 2 N–H and O–H groups in total. The molecule has 108 valence electrons. The van der Waals surface area contributed by atoms with Crippen LogP contribution < -0.4 is 10.9 Å². The van der Waals surface area contributed by atoms with Crippen molar-refractivity contribution in [3.63, 3.8) is 0 Å². The fourth-order valence-corrected chi connectivity index (χ4v) is 2.23. The molecule has 0 aliphatic heterocycles. The molecule has 1 heterocycles. The highest BCUT2D eigenvalue weighted by Crippen LogP contribution is 2.17. The molecule has 0 amide bonds. The Balaban J connectivity index is 2.35. The summed E-state index contributed by atoms with van der Waals surface area (Å²) in [4.78, 5) is 19.4. The summed E-state index contributed by atoms with van der Waals surface area (Å²) in [5.41, 5.74) is 0.469. The molecule has 0 saturated carbocycles. The number of nitrogens with one attached hydrogen (secondary N) is 2. The summed E-state index contributed by atoms with van der Waals surface area (Å²) in [6.45, 7) is 3.35. The van der Waals surface area contributed by atoms with Gasteiger partial charge in [0.2, 0.25) is 0 Å². The molecular weight excluding hydrogens is 278 g/mol. The van der Waals surface area contributed by atoms with E-state index in [1.165, 1.54) is 0 Å². The predicted molar refractivity (Wildman–Crippen MR) is 80.3 cm³/mol. The zero-order chi connectivity index (χ0) is 14.5. The largest absolute Gasteiger partial charge is 0.383 e. The summed E-state index contributed by atoms with van der Waals surface area (Å²) in [6, 6.07) is 5.07. The minimum Gasteiger partial charge on any atom is -0.383 e. The van der Waals surface area contributed by atoms with Crippen molar-refractivity contribution in [3.8, 4) is 0 Å². The number of aromatic nitrogens is 2. The molecule has 20 heavy (non-hydrogen) atoms. The number of methoxy groups -OCH3 is 1. The molecule has 0 radical (unpaired) electrons. The van der Waals surface area contributed by atoms with Crippen LogP contribution in [0.3, 0.4) is 0 Å². The van der Waals surface area contributed by atoms with E-state index in [1.54, 1.807) is 25.3 Å². The third-order valence-electron chi connectivity index (χ3n) is 3.12. The molecular formula is C14H18ClN3O2. The maximum absolute atomic E-state index is 12.1. The van der Waals surface area contributed by atoms with Gasteiger partial charge in [-0.15, -0.1) is 0 Å². The van der Waals surface area contributed by atoms with Crippen LogP contribution in [0, 0.1) is 0 Å². The Morgan fingerprint density at radius 2 is 2.30 bits per heavy atom. The second kappa shape index (κ2) is 6.83. The van der Waals surface area contributed by atoms with E-state index in [1.807, 2.05) is 6.92 Å². The zero-order valence-corrected chi connectivity index (χ0v) is 12.3. The van der Waals surface area contributed by atoms with Gasteiger partial charge in [0, 0.05) is 18.7 Å². The van der Waals surface area contributed by atoms with Crippen molar-refractivity contribution in [2.24, 2.45) is 0 Å². The first-order chi connectivity index (χ1) is 9.65. The van der Waals surface area contributed by atoms with Crippen LogP contribution in [-0.4, -0.2) is 30.2 Å². The van der Waals surface area contributed by atoms with Crippen LogP contribution in [0.2, 0.25) is 5.02 Å². The van der Waals surface area contributed by atoms with Crippen LogP contribution in [-0.2, 0) is 4.74 Å². The van der Waals surface area contributed by atoms with Crippen LogP contribution in [0.15, 0.2) is 23.0 Å². The van der Waals surface area contributed by atoms with E-state index in [0.29, 0.717) is 34.9 Å². The summed E-state index contributed by atoms with van der Waals surface area (Å²) >= 11 is 5.95. The van der Waals surface area contributed by atoms with Gasteiger partial charge in [0.1, 0.15) is 5.82 Å². The Bertz CT molecular complexity index is 642. The van der Waals surface area contributed by atoms with Crippen LogP contribution in [0.25, 0.3) is 10.9 Å². The van der Waals surface area contributed by atoms with E-state index in [0.717, 1.165) is 6.42 Å². The third kappa shape index (κ3) is 3.36. The number of fused-ring (bicyclic) bond motifs is 1. The molecule has 0 aliphatic carbocycles. The van der Waals surface area contributed by atoms with E-state index < -0.39 is 0 Å². The molecule has 0 saturated heterocycles. The standard InChI is InChI=1S/C14H18ClN3O2/c1-3-11(16-6-7-20-2)13-17-12-8-9(15)4-5-10(12)14(19)18-13/h4-5,8,11,16H,3,6-7H2,1-2H3,(H,17,18,19)/t11-/m0/s1. The van der Waals surface area contributed by atoms with E-state index in [4.69, 9.17) is 16.3 Å². The Kier molecular flexibility index (Phi) is 5.11. The quantitative estimate of drug-likeness (QED) is 0.802. The van der Waals surface area contributed by atoms with E-state index in [2.05, 4.69) is 15.3 Å². The number of halogens is 1. The number of hydrogen-bond donors (Lipinski definition) is 2. The van der Waals surface area contributed by atoms with Gasteiger partial charge in [0.05, 0.1) is 23.6 Å². The molecule has 0 unspecified atom stereocenters. The Morgan fingerprint density at radius 1 is 1.50 bits per heavy atom. The Morgan fingerprint density at radius 3 is 3.00 bits per heavy atom. The second-order valence-corrected chi connectivity index (χ2v) is 4.96. The van der Waals surface area contributed by atoms with Crippen LogP contribution >= 0.6 is 11.6 Å². The predicted octanol–water partition coefficient (Wildman–Crippen LogP) is 2.26. The van der Waals surface area contributed by atoms with Gasteiger partial charge < -0.3 is 15.0 Å². The maximum Gasteiger partial charge on any atom is 0.258 e. The van der Waals surface area contributed by atoms with Gasteiger partial charge >= 0.3 is 0 Å². The van der Waals surface area contributed by atoms with Gasteiger partial charge in [-0.25, -0.2) is 4.98 Å². The van der Waals surface area contributed by atoms with E-state index >= 15 is 0 Å². The average molecular weight is 296 g/mol. The van der Waals surface area contributed by atoms with Crippen molar-refractivity contribution >= 4 is 22.5 Å². The first-order valence-corrected chi connectivity index (χ1v) is 6.95. The molecule has 1 aromatic carbocycles. The smallest absolute Gasteiger partial charge is 0.258 e. The molecule has 0 aliphatic rings. The SMILES string of the molecule is CC[C@H](NCCOC)c1nc2cc(Cl)ccc2c(=O)[nH]1. The maximum atomic E-state index is 12.1. The normalized spacial score (nSPS) is 12.8. The number of rotatable bonds is 6. The minimum atomic E-state index is -0.145. The number of H-pyrrole nitrogens is 1. The van der Waals surface area contributed by atoms with Crippen LogP contribution in [0.5, 0.6) is 0 Å². The highest BCUT2D eigenvalue weighted by Gasteiger charge is 2.13. The fraction of sp³-hybridized carbons (Fsp3) is 0.429. The van der Waals surface area contributed by atoms with Gasteiger partial charge in [0.25, 0.3) is 5.56 Å². The summed E-state index contributed by atoms with van der Waals surface area (Å²) < 4.78 is 5.01. The third-order valence-corrected chi connectivity index (χ3v) is 3.36. The summed E-state index contributed by atoms with van der Waals surface area (Å²) in [5.74, 6) is 0.628. The highest BCUT2D eigenvalue weighted by molar-refractivity contribution is 6.31. The molecule has 6 heteroatoms. The van der Waals surface area contributed by atoms with Crippen LogP contribution in [0.1, 0.15) is 25.2 Å². The molecule has 1 atom stereocenters. The lowest BCUT2D eigenvalue weighted by Gasteiger charge is -2.16. The first kappa shape index (κ1) is 15.0. The van der Waals surface area contributed by atoms with Gasteiger partial charge in [0.15, 0.2) is 0 Å². The highest BCUT2D eigenvalue weighted by atomic mass is 35.5. The van der Waals surface area contributed by atoms with Crippen molar-refractivity contribution in [2.75, 3.05) is 20.3 Å². The van der Waals surface area contributed by atoms with E-state index in [9.17, 15) is 4.79 Å². The summed E-state index contributed by atoms with van der Waals surface area (Å²) in [7, 11) is 1.65. The topological polar surface area (TPSA) is 67.0 Å². The molecule has 2 rings (SSSR count). The second-order valence-electron chi connectivity index (χ2n) is 4.52. The lowest BCUT2D eigenvalue weighted by molar-refractivity contribution is 0.195. The number of hydrogen-bond acceptors (Lipinski definition) is 4. The summed E-state index contributed by atoms with van der Waals surface area (Å²) in [5, 5.41) is 4.42. The van der Waals surface area contributed by atoms with Gasteiger partial charge in [-0.3, -0.25) is 4.79 Å². The Hall–Kier alpha value is -1.43.